The summed E-state index contributed by atoms with van der Waals surface area (Å²) in [5, 5.41) is 0. The SMILES string of the molecule is NCCc1c(F)cccc1Oc1cncc(Br)c1. The third kappa shape index (κ3) is 3.05. The molecule has 5 heteroatoms. The van der Waals surface area contributed by atoms with Crippen molar-refractivity contribution in [1.29, 1.82) is 0 Å². The van der Waals surface area contributed by atoms with Gasteiger partial charge in [0.25, 0.3) is 0 Å². The number of halogens is 2. The van der Waals surface area contributed by atoms with Crippen LogP contribution < -0.4 is 10.5 Å². The average Bonchev–Trinajstić information content (AvgIpc) is 2.34. The molecule has 1 aromatic heterocycles. The molecule has 1 aromatic carbocycles. The first-order valence-electron chi connectivity index (χ1n) is 5.46. The summed E-state index contributed by atoms with van der Waals surface area (Å²) in [4.78, 5) is 3.99. The quantitative estimate of drug-likeness (QED) is 0.942. The van der Waals surface area contributed by atoms with Gasteiger partial charge in [-0.25, -0.2) is 4.39 Å². The molecule has 0 fully saturated rings. The van der Waals surface area contributed by atoms with E-state index in [2.05, 4.69) is 20.9 Å². The number of hydrogen-bond acceptors (Lipinski definition) is 3. The molecule has 0 aliphatic carbocycles. The van der Waals surface area contributed by atoms with Gasteiger partial charge in [-0.2, -0.15) is 0 Å². The van der Waals surface area contributed by atoms with Crippen LogP contribution >= 0.6 is 15.9 Å². The number of nitrogens with two attached hydrogens (primary N) is 1. The lowest BCUT2D eigenvalue weighted by atomic mass is 10.1. The molecule has 0 saturated carbocycles. The standard InChI is InChI=1S/C13H12BrFN2O/c14-9-6-10(8-17-7-9)18-13-3-1-2-12(15)11(13)4-5-16/h1-3,6-8H,4-5,16H2. The van der Waals surface area contributed by atoms with E-state index in [1.54, 1.807) is 30.6 Å². The zero-order chi connectivity index (χ0) is 13.0. The molecule has 0 aliphatic rings. The highest BCUT2D eigenvalue weighted by atomic mass is 79.9. The van der Waals surface area contributed by atoms with E-state index >= 15 is 0 Å². The lowest BCUT2D eigenvalue weighted by Gasteiger charge is -2.11. The minimum absolute atomic E-state index is 0.305. The molecule has 0 saturated heterocycles. The van der Waals surface area contributed by atoms with E-state index in [1.807, 2.05) is 0 Å². The van der Waals surface area contributed by atoms with Crippen LogP contribution in [0.3, 0.4) is 0 Å². The van der Waals surface area contributed by atoms with Crippen molar-refractivity contribution in [3.05, 3.63) is 52.5 Å². The van der Waals surface area contributed by atoms with Crippen molar-refractivity contribution in [2.45, 2.75) is 6.42 Å². The summed E-state index contributed by atoms with van der Waals surface area (Å²) >= 11 is 3.30. The van der Waals surface area contributed by atoms with Gasteiger partial charge >= 0.3 is 0 Å². The number of pyridine rings is 1. The van der Waals surface area contributed by atoms with Gasteiger partial charge in [-0.1, -0.05) is 6.07 Å². The molecule has 0 unspecified atom stereocenters. The fourth-order valence-corrected chi connectivity index (χ4v) is 1.94. The molecule has 18 heavy (non-hydrogen) atoms. The summed E-state index contributed by atoms with van der Waals surface area (Å²) in [5.41, 5.74) is 5.96. The number of hydrogen-bond donors (Lipinski definition) is 1. The van der Waals surface area contributed by atoms with Crippen LogP contribution in [-0.2, 0) is 6.42 Å². The normalized spacial score (nSPS) is 10.4. The molecular formula is C13H12BrFN2O. The predicted molar refractivity (Wildman–Crippen MR) is 71.2 cm³/mol. The Balaban J connectivity index is 2.31. The second-order valence-corrected chi connectivity index (χ2v) is 4.61. The van der Waals surface area contributed by atoms with Crippen molar-refractivity contribution in [3.63, 3.8) is 0 Å². The number of nitrogens with zero attached hydrogens (tertiary/aromatic N) is 1. The maximum Gasteiger partial charge on any atom is 0.146 e. The predicted octanol–water partition coefficient (Wildman–Crippen LogP) is 3.28. The van der Waals surface area contributed by atoms with Crippen molar-refractivity contribution in [2.24, 2.45) is 5.73 Å². The van der Waals surface area contributed by atoms with Crippen molar-refractivity contribution in [1.82, 2.24) is 4.98 Å². The lowest BCUT2D eigenvalue weighted by molar-refractivity contribution is 0.464. The van der Waals surface area contributed by atoms with Gasteiger partial charge in [-0.3, -0.25) is 4.98 Å². The van der Waals surface area contributed by atoms with Gasteiger partial charge in [-0.05, 0) is 47.1 Å². The smallest absolute Gasteiger partial charge is 0.146 e. The molecule has 0 radical (unpaired) electrons. The molecule has 0 aliphatic heterocycles. The van der Waals surface area contributed by atoms with E-state index in [4.69, 9.17) is 10.5 Å². The Morgan fingerprint density at radius 1 is 1.33 bits per heavy atom. The molecule has 94 valence electrons. The van der Waals surface area contributed by atoms with E-state index < -0.39 is 0 Å². The van der Waals surface area contributed by atoms with E-state index in [0.29, 0.717) is 30.0 Å². The largest absolute Gasteiger partial charge is 0.455 e. The summed E-state index contributed by atoms with van der Waals surface area (Å²) in [5.74, 6) is 0.717. The Morgan fingerprint density at radius 2 is 2.17 bits per heavy atom. The lowest BCUT2D eigenvalue weighted by Crippen LogP contribution is -2.06. The second-order valence-electron chi connectivity index (χ2n) is 3.70. The Hall–Kier alpha value is -1.46. The van der Waals surface area contributed by atoms with Crippen LogP contribution in [0.15, 0.2) is 41.1 Å². The first kappa shape index (κ1) is 13.0. The molecule has 2 N–H and O–H groups in total. The molecule has 0 spiro atoms. The maximum absolute atomic E-state index is 13.7. The van der Waals surface area contributed by atoms with Crippen molar-refractivity contribution < 1.29 is 9.13 Å². The van der Waals surface area contributed by atoms with Crippen LogP contribution in [0, 0.1) is 5.82 Å². The Kier molecular flexibility index (Phi) is 4.28. The summed E-state index contributed by atoms with van der Waals surface area (Å²) < 4.78 is 20.1. The van der Waals surface area contributed by atoms with Gasteiger partial charge in [0.05, 0.1) is 6.20 Å². The van der Waals surface area contributed by atoms with Gasteiger partial charge in [0.2, 0.25) is 0 Å². The fourth-order valence-electron chi connectivity index (χ4n) is 1.60. The molecule has 0 bridgehead atoms. The van der Waals surface area contributed by atoms with Gasteiger partial charge in [0, 0.05) is 16.2 Å². The summed E-state index contributed by atoms with van der Waals surface area (Å²) in [7, 11) is 0. The summed E-state index contributed by atoms with van der Waals surface area (Å²) in [6.07, 6.45) is 3.66. The van der Waals surface area contributed by atoms with Crippen LogP contribution in [0.1, 0.15) is 5.56 Å². The van der Waals surface area contributed by atoms with Crippen LogP contribution in [0.4, 0.5) is 4.39 Å². The highest BCUT2D eigenvalue weighted by Gasteiger charge is 2.10. The molecule has 1 heterocycles. The van der Waals surface area contributed by atoms with Crippen LogP contribution in [0.2, 0.25) is 0 Å². The third-order valence-electron chi connectivity index (χ3n) is 2.38. The fraction of sp³-hybridized carbons (Fsp3) is 0.154. The average molecular weight is 311 g/mol. The van der Waals surface area contributed by atoms with Crippen molar-refractivity contribution >= 4 is 15.9 Å². The number of ether oxygens (including phenoxy) is 1. The minimum Gasteiger partial charge on any atom is -0.455 e. The summed E-state index contributed by atoms with van der Waals surface area (Å²) in [6.45, 7) is 0.369. The Morgan fingerprint density at radius 3 is 2.89 bits per heavy atom. The van der Waals surface area contributed by atoms with Gasteiger partial charge < -0.3 is 10.5 Å². The van der Waals surface area contributed by atoms with Crippen molar-refractivity contribution in [3.8, 4) is 11.5 Å². The number of benzene rings is 1. The van der Waals surface area contributed by atoms with E-state index in [-0.39, 0.29) is 5.82 Å². The Bertz CT molecular complexity index is 548. The minimum atomic E-state index is -0.305. The van der Waals surface area contributed by atoms with Crippen LogP contribution in [0.5, 0.6) is 11.5 Å². The highest BCUT2D eigenvalue weighted by Crippen LogP contribution is 2.28. The highest BCUT2D eigenvalue weighted by molar-refractivity contribution is 9.10. The van der Waals surface area contributed by atoms with Crippen molar-refractivity contribution in [2.75, 3.05) is 6.54 Å². The van der Waals surface area contributed by atoms with E-state index in [1.165, 1.54) is 6.07 Å². The molecule has 2 rings (SSSR count). The van der Waals surface area contributed by atoms with E-state index in [9.17, 15) is 4.39 Å². The number of aromatic nitrogens is 1. The molecule has 3 nitrogen and oxygen atoms in total. The first-order chi connectivity index (χ1) is 8.70. The van der Waals surface area contributed by atoms with Gasteiger partial charge in [0.15, 0.2) is 0 Å². The second kappa shape index (κ2) is 5.93. The third-order valence-corrected chi connectivity index (χ3v) is 2.81. The maximum atomic E-state index is 13.7. The monoisotopic (exact) mass is 310 g/mol. The van der Waals surface area contributed by atoms with Gasteiger partial charge in [0.1, 0.15) is 17.3 Å². The van der Waals surface area contributed by atoms with Gasteiger partial charge in [-0.15, -0.1) is 0 Å². The zero-order valence-electron chi connectivity index (χ0n) is 9.57. The van der Waals surface area contributed by atoms with Crippen LogP contribution in [-0.4, -0.2) is 11.5 Å². The number of rotatable bonds is 4. The topological polar surface area (TPSA) is 48.1 Å². The van der Waals surface area contributed by atoms with Crippen LogP contribution in [0.25, 0.3) is 0 Å². The molecule has 0 atom stereocenters. The summed E-state index contributed by atoms with van der Waals surface area (Å²) in [6, 6.07) is 6.49. The zero-order valence-corrected chi connectivity index (χ0v) is 11.2. The molecule has 0 amide bonds. The first-order valence-corrected chi connectivity index (χ1v) is 6.26. The molecular weight excluding hydrogens is 299 g/mol. The van der Waals surface area contributed by atoms with E-state index in [0.717, 1.165) is 4.47 Å². The molecule has 2 aromatic rings. The Labute approximate surface area is 113 Å².